The molecule has 7 nitrogen and oxygen atoms in total. The van der Waals surface area contributed by atoms with Gasteiger partial charge < -0.3 is 9.45 Å². The molecule has 5 atom stereocenters. The molecular formula is C14H11BrN3O4S3-. The van der Waals surface area contributed by atoms with E-state index in [2.05, 4.69) is 15.9 Å². The number of benzene rings is 1. The summed E-state index contributed by atoms with van der Waals surface area (Å²) in [6.07, 6.45) is -0.474. The highest BCUT2D eigenvalue weighted by Gasteiger charge is 2.75. The molecule has 0 saturated carbocycles. The summed E-state index contributed by atoms with van der Waals surface area (Å²) in [5, 5.41) is -0.625. The molecule has 0 aliphatic carbocycles. The second kappa shape index (κ2) is 4.94. The van der Waals surface area contributed by atoms with Gasteiger partial charge in [0.2, 0.25) is 0 Å². The molecule has 25 heavy (non-hydrogen) atoms. The van der Waals surface area contributed by atoms with Gasteiger partial charge in [0.1, 0.15) is 6.17 Å². The number of likely N-dealkylation sites (N-methyl/N-ethyl adjacent to an activating group) is 1. The number of anilines is 1. The SMILES string of the molecule is CN1C(=O)[C@]23C[C@]4(Br)c5ccccc5N(S(=O)[O-])[C@@H]4N2C(=O)[C@H]1SS3. The van der Waals surface area contributed by atoms with Crippen LogP contribution in [0, 0.1) is 0 Å². The zero-order valence-electron chi connectivity index (χ0n) is 12.7. The van der Waals surface area contributed by atoms with Gasteiger partial charge in [-0.05, 0) is 11.6 Å². The van der Waals surface area contributed by atoms with Crippen LogP contribution in [0.2, 0.25) is 0 Å². The lowest BCUT2D eigenvalue weighted by Crippen LogP contribution is -2.71. The van der Waals surface area contributed by atoms with Crippen molar-refractivity contribution in [2.75, 3.05) is 11.4 Å². The normalized spacial score (nSPS) is 39.6. The molecule has 5 aliphatic heterocycles. The van der Waals surface area contributed by atoms with Crippen LogP contribution >= 0.6 is 37.5 Å². The number of piperazine rings is 1. The minimum absolute atomic E-state index is 0.150. The first-order valence-electron chi connectivity index (χ1n) is 7.45. The van der Waals surface area contributed by atoms with Crippen LogP contribution in [0.4, 0.5) is 5.69 Å². The van der Waals surface area contributed by atoms with E-state index in [1.54, 1.807) is 19.2 Å². The zero-order chi connectivity index (χ0) is 17.7. The third kappa shape index (κ3) is 1.71. The predicted molar refractivity (Wildman–Crippen MR) is 98.2 cm³/mol. The molecule has 1 aromatic carbocycles. The molecule has 5 heterocycles. The van der Waals surface area contributed by atoms with Gasteiger partial charge >= 0.3 is 0 Å². The highest BCUT2D eigenvalue weighted by molar-refractivity contribution is 9.09. The lowest BCUT2D eigenvalue weighted by Gasteiger charge is -2.53. The number of nitrogens with zero attached hydrogens (tertiary/aromatic N) is 3. The number of amides is 2. The van der Waals surface area contributed by atoms with Crippen molar-refractivity contribution in [3.63, 3.8) is 0 Å². The summed E-state index contributed by atoms with van der Waals surface area (Å²) in [7, 11) is 4.36. The predicted octanol–water partition coefficient (Wildman–Crippen LogP) is 1.34. The first kappa shape index (κ1) is 16.4. The van der Waals surface area contributed by atoms with Gasteiger partial charge in [-0.2, -0.15) is 0 Å². The van der Waals surface area contributed by atoms with Crippen molar-refractivity contribution in [2.24, 2.45) is 0 Å². The van der Waals surface area contributed by atoms with Gasteiger partial charge in [-0.1, -0.05) is 55.7 Å². The lowest BCUT2D eigenvalue weighted by molar-refractivity contribution is -0.158. The molecule has 132 valence electrons. The second-order valence-corrected chi connectivity index (χ2v) is 11.2. The first-order chi connectivity index (χ1) is 11.8. The van der Waals surface area contributed by atoms with Crippen molar-refractivity contribution in [3.8, 4) is 0 Å². The van der Waals surface area contributed by atoms with Gasteiger partial charge in [-0.15, -0.1) is 0 Å². The van der Waals surface area contributed by atoms with Gasteiger partial charge in [0.05, 0.1) is 10.0 Å². The lowest BCUT2D eigenvalue weighted by atomic mass is 9.95. The van der Waals surface area contributed by atoms with Crippen molar-refractivity contribution in [3.05, 3.63) is 29.8 Å². The molecule has 4 saturated heterocycles. The summed E-state index contributed by atoms with van der Waals surface area (Å²) in [6.45, 7) is 0. The number of hydrogen-bond donors (Lipinski definition) is 0. The zero-order valence-corrected chi connectivity index (χ0v) is 16.8. The molecule has 2 amide bonds. The monoisotopic (exact) mass is 460 g/mol. The molecule has 4 fully saturated rings. The second-order valence-electron chi connectivity index (χ2n) is 6.41. The smallest absolute Gasteiger partial charge is 0.261 e. The summed E-state index contributed by atoms with van der Waals surface area (Å²) < 4.78 is 24.5. The quantitative estimate of drug-likeness (QED) is 0.357. The van der Waals surface area contributed by atoms with Crippen molar-refractivity contribution in [1.82, 2.24) is 9.80 Å². The van der Waals surface area contributed by atoms with E-state index in [0.717, 1.165) is 5.56 Å². The maximum Gasteiger partial charge on any atom is 0.261 e. The van der Waals surface area contributed by atoms with Crippen molar-refractivity contribution < 1.29 is 18.4 Å². The number of hydrogen-bond acceptors (Lipinski definition) is 6. The van der Waals surface area contributed by atoms with E-state index in [4.69, 9.17) is 0 Å². The Morgan fingerprint density at radius 3 is 2.80 bits per heavy atom. The van der Waals surface area contributed by atoms with Crippen LogP contribution in [0.3, 0.4) is 0 Å². The molecule has 0 aromatic heterocycles. The number of rotatable bonds is 1. The molecule has 5 aliphatic rings. The van der Waals surface area contributed by atoms with Crippen LogP contribution in [0.5, 0.6) is 0 Å². The summed E-state index contributed by atoms with van der Waals surface area (Å²) in [6, 6.07) is 7.17. The molecule has 0 N–H and O–H groups in total. The van der Waals surface area contributed by atoms with Crippen LogP contribution in [0.15, 0.2) is 24.3 Å². The Bertz CT molecular complexity index is 871. The fourth-order valence-corrected chi connectivity index (χ4v) is 9.93. The summed E-state index contributed by atoms with van der Waals surface area (Å²) in [5.41, 5.74) is 1.32. The highest BCUT2D eigenvalue weighted by Crippen LogP contribution is 2.68. The Morgan fingerprint density at radius 2 is 2.08 bits per heavy atom. The summed E-state index contributed by atoms with van der Waals surface area (Å²) in [4.78, 5) is 27.9. The first-order valence-corrected chi connectivity index (χ1v) is 11.5. The number of carbonyl (C=O) groups is 2. The highest BCUT2D eigenvalue weighted by atomic mass is 79.9. The molecule has 0 radical (unpaired) electrons. The number of halogens is 1. The summed E-state index contributed by atoms with van der Waals surface area (Å²) >= 11 is 1.16. The van der Waals surface area contributed by atoms with Crippen LogP contribution in [0.25, 0.3) is 0 Å². The largest absolute Gasteiger partial charge is 0.755 e. The van der Waals surface area contributed by atoms with Crippen LogP contribution < -0.4 is 4.31 Å². The van der Waals surface area contributed by atoms with Gasteiger partial charge in [-0.3, -0.25) is 23.0 Å². The van der Waals surface area contributed by atoms with E-state index in [-0.39, 0.29) is 11.8 Å². The van der Waals surface area contributed by atoms with Gasteiger partial charge in [0.15, 0.2) is 10.2 Å². The van der Waals surface area contributed by atoms with Crippen LogP contribution in [0.1, 0.15) is 12.0 Å². The van der Waals surface area contributed by atoms with Crippen molar-refractivity contribution >= 4 is 66.3 Å². The van der Waals surface area contributed by atoms with E-state index < -0.39 is 32.0 Å². The minimum atomic E-state index is -2.58. The molecule has 1 aromatic rings. The molecule has 2 bridgehead atoms. The maximum atomic E-state index is 13.1. The molecule has 1 unspecified atom stereocenters. The van der Waals surface area contributed by atoms with Gasteiger partial charge in [0, 0.05) is 24.7 Å². The van der Waals surface area contributed by atoms with Gasteiger partial charge in [0.25, 0.3) is 11.8 Å². The molecular weight excluding hydrogens is 450 g/mol. The van der Waals surface area contributed by atoms with E-state index >= 15 is 0 Å². The van der Waals surface area contributed by atoms with E-state index in [9.17, 15) is 18.4 Å². The fraction of sp³-hybridized carbons (Fsp3) is 0.429. The van der Waals surface area contributed by atoms with Crippen LogP contribution in [-0.2, 0) is 25.2 Å². The minimum Gasteiger partial charge on any atom is -0.755 e. The summed E-state index contributed by atoms with van der Waals surface area (Å²) in [5.74, 6) is -0.372. The average molecular weight is 461 g/mol. The fourth-order valence-electron chi connectivity index (χ4n) is 4.24. The maximum absolute atomic E-state index is 13.1. The van der Waals surface area contributed by atoms with Crippen molar-refractivity contribution in [1.29, 1.82) is 0 Å². The van der Waals surface area contributed by atoms with E-state index in [0.29, 0.717) is 12.1 Å². The third-order valence-electron chi connectivity index (χ3n) is 5.24. The van der Waals surface area contributed by atoms with E-state index in [1.807, 2.05) is 12.1 Å². The Kier molecular flexibility index (Phi) is 3.25. The Morgan fingerprint density at radius 1 is 1.36 bits per heavy atom. The molecule has 1 spiro atoms. The van der Waals surface area contributed by atoms with Crippen LogP contribution in [-0.4, -0.2) is 53.8 Å². The molecule has 11 heteroatoms. The number of carbonyl (C=O) groups excluding carboxylic acids is 2. The average Bonchev–Trinajstić information content (AvgIpc) is 2.98. The van der Waals surface area contributed by atoms with Crippen molar-refractivity contribution in [2.45, 2.75) is 27.2 Å². The number of para-hydroxylation sites is 1. The third-order valence-corrected chi connectivity index (χ3v) is 10.3. The number of alkyl halides is 1. The molecule has 6 rings (SSSR count). The Balaban J connectivity index is 1.77. The van der Waals surface area contributed by atoms with Gasteiger partial charge in [-0.25, -0.2) is 0 Å². The topological polar surface area (TPSA) is 84.0 Å². The van der Waals surface area contributed by atoms with E-state index in [1.165, 1.54) is 35.7 Å². The Labute approximate surface area is 162 Å². The number of fused-ring (bicyclic) bond motifs is 5. The standard InChI is InChI=1S/C14H12BrN3O4S3/c1-16-10-9(19)17-11-13(15,6-14(17,12(16)20)24-23-10)7-4-2-3-5-8(7)18(11)25(21)22/h2-5,10-11H,6H2,1H3,(H,21,22)/p-1/t10-,11+,13+,14-/m1/s1. The Hall–Kier alpha value is -0.750.